The maximum absolute atomic E-state index is 13.1. The molecule has 4 heterocycles. The van der Waals surface area contributed by atoms with Crippen molar-refractivity contribution in [3.05, 3.63) is 76.6 Å². The van der Waals surface area contributed by atoms with Crippen molar-refractivity contribution < 1.29 is 8.91 Å². The molecule has 0 amide bonds. The van der Waals surface area contributed by atoms with Crippen molar-refractivity contribution in [1.82, 2.24) is 29.2 Å². The number of hydrogen-bond acceptors (Lipinski definition) is 7. The maximum Gasteiger partial charge on any atom is 0.280 e. The van der Waals surface area contributed by atoms with E-state index < -0.39 is 0 Å². The molecule has 30 heavy (non-hydrogen) atoms. The lowest BCUT2D eigenvalue weighted by molar-refractivity contribution is 0.364. The maximum atomic E-state index is 13.1. The first-order valence-electron chi connectivity index (χ1n) is 9.51. The lowest BCUT2D eigenvalue weighted by Gasteiger charge is -2.17. The highest BCUT2D eigenvalue weighted by atomic mass is 19.1. The van der Waals surface area contributed by atoms with E-state index in [-0.39, 0.29) is 23.8 Å². The molecular weight excluding hydrogens is 389 g/mol. The molecule has 0 spiro atoms. The summed E-state index contributed by atoms with van der Waals surface area (Å²) in [7, 11) is 1.75. The van der Waals surface area contributed by atoms with Gasteiger partial charge in [0.2, 0.25) is 5.89 Å². The third-order valence-corrected chi connectivity index (χ3v) is 5.71. The summed E-state index contributed by atoms with van der Waals surface area (Å²) >= 11 is 0. The molecule has 1 aliphatic carbocycles. The molecule has 1 aromatic carbocycles. The standard InChI is InChI=1S/C20H16FN7O2/c1-26-9-22-19-17(26)20(29)28(10-23-19)8-15-24-18(25-30-15)16-13-6-27(7-14(13)16)12-4-2-11(21)3-5-12/h2-6,9-10,14,16H,7-8H2,1H3/t14-,16-/m0/s1. The quantitative estimate of drug-likeness (QED) is 0.511. The molecule has 1 saturated carbocycles. The van der Waals surface area contributed by atoms with E-state index in [0.717, 1.165) is 12.2 Å². The second-order valence-corrected chi connectivity index (χ2v) is 7.59. The zero-order valence-corrected chi connectivity index (χ0v) is 15.9. The number of rotatable bonds is 4. The van der Waals surface area contributed by atoms with Gasteiger partial charge in [0.1, 0.15) is 18.7 Å². The van der Waals surface area contributed by atoms with Gasteiger partial charge in [0.15, 0.2) is 17.0 Å². The van der Waals surface area contributed by atoms with Crippen LogP contribution < -0.4 is 10.5 Å². The molecule has 0 unspecified atom stereocenters. The van der Waals surface area contributed by atoms with Gasteiger partial charge in [0.25, 0.3) is 5.56 Å². The number of nitrogens with zero attached hydrogens (tertiary/aromatic N) is 7. The first-order valence-corrected chi connectivity index (χ1v) is 9.51. The Balaban J connectivity index is 1.21. The van der Waals surface area contributed by atoms with Crippen molar-refractivity contribution in [2.24, 2.45) is 13.0 Å². The lowest BCUT2D eigenvalue weighted by atomic mass is 10.2. The van der Waals surface area contributed by atoms with E-state index >= 15 is 0 Å². The third-order valence-electron chi connectivity index (χ3n) is 5.71. The summed E-state index contributed by atoms with van der Waals surface area (Å²) in [4.78, 5) is 27.5. The van der Waals surface area contributed by atoms with Gasteiger partial charge in [-0.1, -0.05) is 5.16 Å². The summed E-state index contributed by atoms with van der Waals surface area (Å²) in [6.07, 6.45) is 5.07. The summed E-state index contributed by atoms with van der Waals surface area (Å²) < 4.78 is 21.6. The molecule has 10 heteroatoms. The van der Waals surface area contributed by atoms with Crippen LogP contribution in [0.3, 0.4) is 0 Å². The molecule has 0 radical (unpaired) electrons. The van der Waals surface area contributed by atoms with E-state index in [0.29, 0.717) is 28.8 Å². The zero-order valence-electron chi connectivity index (χ0n) is 15.9. The van der Waals surface area contributed by atoms with E-state index in [1.807, 2.05) is 0 Å². The van der Waals surface area contributed by atoms with Crippen LogP contribution in [0.5, 0.6) is 0 Å². The second kappa shape index (κ2) is 6.09. The molecule has 0 N–H and O–H groups in total. The fraction of sp³-hybridized carbons (Fsp3) is 0.250. The van der Waals surface area contributed by atoms with Crippen LogP contribution in [0.2, 0.25) is 0 Å². The molecule has 1 fully saturated rings. The van der Waals surface area contributed by atoms with Gasteiger partial charge in [-0.3, -0.25) is 9.36 Å². The van der Waals surface area contributed by atoms with Crippen LogP contribution in [-0.2, 0) is 13.6 Å². The van der Waals surface area contributed by atoms with Crippen molar-refractivity contribution in [3.63, 3.8) is 0 Å². The van der Waals surface area contributed by atoms with Gasteiger partial charge in [-0.05, 0) is 29.8 Å². The highest BCUT2D eigenvalue weighted by Gasteiger charge is 2.52. The van der Waals surface area contributed by atoms with E-state index in [1.165, 1.54) is 28.6 Å². The van der Waals surface area contributed by atoms with Crippen molar-refractivity contribution in [1.29, 1.82) is 0 Å². The van der Waals surface area contributed by atoms with Gasteiger partial charge < -0.3 is 14.0 Å². The zero-order chi connectivity index (χ0) is 20.4. The Kier molecular flexibility index (Phi) is 3.46. The predicted octanol–water partition coefficient (Wildman–Crippen LogP) is 1.82. The molecule has 2 aliphatic rings. The Hall–Kier alpha value is -3.82. The fourth-order valence-electron chi connectivity index (χ4n) is 4.10. The second-order valence-electron chi connectivity index (χ2n) is 7.59. The van der Waals surface area contributed by atoms with Crippen LogP contribution in [-0.4, -0.2) is 35.8 Å². The van der Waals surface area contributed by atoms with E-state index in [1.54, 1.807) is 30.1 Å². The van der Waals surface area contributed by atoms with Gasteiger partial charge in [-0.25, -0.2) is 14.4 Å². The highest BCUT2D eigenvalue weighted by Crippen LogP contribution is 2.56. The van der Waals surface area contributed by atoms with Crippen LogP contribution in [0, 0.1) is 11.7 Å². The van der Waals surface area contributed by atoms with Crippen LogP contribution in [0.4, 0.5) is 10.1 Å². The predicted molar refractivity (Wildman–Crippen MR) is 104 cm³/mol. The Morgan fingerprint density at radius 1 is 1.20 bits per heavy atom. The van der Waals surface area contributed by atoms with E-state index in [4.69, 9.17) is 4.52 Å². The van der Waals surface area contributed by atoms with Crippen molar-refractivity contribution >= 4 is 16.9 Å². The Bertz CT molecular complexity index is 1370. The van der Waals surface area contributed by atoms with Gasteiger partial charge in [-0.15, -0.1) is 0 Å². The number of fused-ring (bicyclic) bond motifs is 2. The van der Waals surface area contributed by atoms with Crippen molar-refractivity contribution in [2.45, 2.75) is 12.5 Å². The Labute approximate surface area is 169 Å². The molecule has 3 aromatic heterocycles. The first kappa shape index (κ1) is 17.1. The summed E-state index contributed by atoms with van der Waals surface area (Å²) in [5.41, 5.74) is 2.83. The number of imidazole rings is 1. The highest BCUT2D eigenvalue weighted by molar-refractivity contribution is 5.68. The van der Waals surface area contributed by atoms with E-state index in [9.17, 15) is 9.18 Å². The molecule has 1 aliphatic heterocycles. The molecule has 0 bridgehead atoms. The molecule has 0 saturated heterocycles. The summed E-state index contributed by atoms with van der Waals surface area (Å²) in [6, 6.07) is 6.45. The molecule has 9 nitrogen and oxygen atoms in total. The molecule has 4 aromatic rings. The molecule has 150 valence electrons. The first-order chi connectivity index (χ1) is 14.6. The lowest BCUT2D eigenvalue weighted by Crippen LogP contribution is -2.22. The normalized spacial score (nSPS) is 19.9. The minimum atomic E-state index is -0.246. The molecular formula is C20H16FN7O2. The third kappa shape index (κ3) is 2.56. The van der Waals surface area contributed by atoms with Crippen LogP contribution in [0.15, 0.2) is 58.0 Å². The largest absolute Gasteiger partial charge is 0.347 e. The van der Waals surface area contributed by atoms with Gasteiger partial charge in [0, 0.05) is 31.4 Å². The average Bonchev–Trinajstić information content (AvgIpc) is 3.16. The Morgan fingerprint density at radius 2 is 2.00 bits per heavy atom. The number of anilines is 1. The monoisotopic (exact) mass is 405 g/mol. The SMILES string of the molecule is Cn1cnc2ncn(Cc3nc([C@H]4C5=CN(c6ccc(F)cc6)C[C@@H]54)no3)c(=O)c21. The summed E-state index contributed by atoms with van der Waals surface area (Å²) in [5.74, 6) is 1.20. The number of halogens is 1. The average molecular weight is 405 g/mol. The van der Waals surface area contributed by atoms with Crippen LogP contribution in [0.25, 0.3) is 11.2 Å². The summed E-state index contributed by atoms with van der Waals surface area (Å²) in [5, 5.41) is 4.12. The summed E-state index contributed by atoms with van der Waals surface area (Å²) in [6.45, 7) is 0.953. The van der Waals surface area contributed by atoms with Gasteiger partial charge in [0.05, 0.1) is 12.2 Å². The smallest absolute Gasteiger partial charge is 0.280 e. The minimum absolute atomic E-state index is 0.133. The topological polar surface area (TPSA) is 94.9 Å². The van der Waals surface area contributed by atoms with Gasteiger partial charge in [-0.2, -0.15) is 4.98 Å². The number of benzene rings is 1. The molecule has 2 atom stereocenters. The van der Waals surface area contributed by atoms with Crippen molar-refractivity contribution in [3.8, 4) is 0 Å². The number of aryl methyl sites for hydroxylation is 1. The number of aromatic nitrogens is 6. The Morgan fingerprint density at radius 3 is 2.77 bits per heavy atom. The number of hydrogen-bond donors (Lipinski definition) is 0. The fourth-order valence-corrected chi connectivity index (χ4v) is 4.10. The van der Waals surface area contributed by atoms with E-state index in [2.05, 4.69) is 31.2 Å². The molecule has 6 rings (SSSR count). The minimum Gasteiger partial charge on any atom is -0.347 e. The van der Waals surface area contributed by atoms with Crippen molar-refractivity contribution in [2.75, 3.05) is 11.4 Å². The van der Waals surface area contributed by atoms with Crippen LogP contribution >= 0.6 is 0 Å². The van der Waals surface area contributed by atoms with Gasteiger partial charge >= 0.3 is 0 Å². The van der Waals surface area contributed by atoms with Crippen LogP contribution in [0.1, 0.15) is 17.6 Å².